The first-order valence-corrected chi connectivity index (χ1v) is 7.73. The average molecular weight is 276 g/mol. The van der Waals surface area contributed by atoms with Crippen LogP contribution in [-0.4, -0.2) is 42.1 Å². The Labute approximate surface area is 123 Å². The molecule has 1 aliphatic heterocycles. The van der Waals surface area contributed by atoms with E-state index in [2.05, 4.69) is 48.5 Å². The number of aryl methyl sites for hydroxylation is 2. The van der Waals surface area contributed by atoms with Crippen LogP contribution >= 0.6 is 0 Å². The van der Waals surface area contributed by atoms with Crippen LogP contribution in [0.3, 0.4) is 0 Å². The maximum absolute atomic E-state index is 5.93. The van der Waals surface area contributed by atoms with Gasteiger partial charge in [0.1, 0.15) is 0 Å². The van der Waals surface area contributed by atoms with Gasteiger partial charge in [0, 0.05) is 61.4 Å². The second kappa shape index (κ2) is 6.55. The molecule has 2 rings (SSSR count). The van der Waals surface area contributed by atoms with E-state index in [1.807, 2.05) is 0 Å². The Kier molecular flexibility index (Phi) is 5.00. The van der Waals surface area contributed by atoms with Gasteiger partial charge in [0.15, 0.2) is 0 Å². The Morgan fingerprint density at radius 3 is 2.45 bits per heavy atom. The third-order valence-electron chi connectivity index (χ3n) is 4.51. The fourth-order valence-corrected chi connectivity index (χ4v) is 3.03. The van der Waals surface area contributed by atoms with E-state index in [0.717, 1.165) is 37.6 Å². The van der Waals surface area contributed by atoms with Crippen LogP contribution in [0.1, 0.15) is 37.2 Å². The number of hydrogen-bond donors (Lipinski definition) is 1. The van der Waals surface area contributed by atoms with Crippen LogP contribution in [0.2, 0.25) is 0 Å². The molecule has 0 spiro atoms. The van der Waals surface area contributed by atoms with Crippen molar-refractivity contribution in [3.8, 4) is 0 Å². The van der Waals surface area contributed by atoms with Gasteiger partial charge in [-0.2, -0.15) is 0 Å². The normalized spacial score (nSPS) is 18.4. The molecule has 0 aliphatic carbocycles. The number of rotatable bonds is 4. The summed E-state index contributed by atoms with van der Waals surface area (Å²) in [4.78, 5) is 9.60. The Morgan fingerprint density at radius 2 is 1.90 bits per heavy atom. The maximum Gasteiger partial charge on any atom is 0.0449 e. The smallest absolute Gasteiger partial charge is 0.0449 e. The summed E-state index contributed by atoms with van der Waals surface area (Å²) in [5, 5.41) is 0. The lowest BCUT2D eigenvalue weighted by molar-refractivity contribution is 0.192. The van der Waals surface area contributed by atoms with Crippen LogP contribution in [-0.2, 0) is 6.54 Å². The van der Waals surface area contributed by atoms with Crippen molar-refractivity contribution in [2.24, 2.45) is 5.73 Å². The van der Waals surface area contributed by atoms with Crippen LogP contribution in [0.5, 0.6) is 0 Å². The molecule has 1 aromatic rings. The molecular formula is C16H28N4. The minimum absolute atomic E-state index is 0.569. The summed E-state index contributed by atoms with van der Waals surface area (Å²) in [7, 11) is 0. The monoisotopic (exact) mass is 276 g/mol. The fraction of sp³-hybridized carbons (Fsp3) is 0.688. The Morgan fingerprint density at radius 1 is 1.25 bits per heavy atom. The van der Waals surface area contributed by atoms with E-state index in [1.54, 1.807) is 0 Å². The van der Waals surface area contributed by atoms with Crippen LogP contribution in [0.15, 0.2) is 6.07 Å². The lowest BCUT2D eigenvalue weighted by atomic mass is 10.1. The number of nitrogens with two attached hydrogens (primary N) is 1. The summed E-state index contributed by atoms with van der Waals surface area (Å²) in [6, 6.07) is 2.88. The summed E-state index contributed by atoms with van der Waals surface area (Å²) < 4.78 is 0. The summed E-state index contributed by atoms with van der Waals surface area (Å²) in [6.07, 6.45) is 1.22. The molecule has 112 valence electrons. The predicted octanol–water partition coefficient (Wildman–Crippen LogP) is 2.08. The highest BCUT2D eigenvalue weighted by Crippen LogP contribution is 2.25. The second-order valence-corrected chi connectivity index (χ2v) is 5.83. The van der Waals surface area contributed by atoms with Crippen molar-refractivity contribution in [2.45, 2.75) is 46.7 Å². The van der Waals surface area contributed by atoms with E-state index in [4.69, 9.17) is 5.73 Å². The highest BCUT2D eigenvalue weighted by molar-refractivity contribution is 5.56. The zero-order valence-electron chi connectivity index (χ0n) is 13.3. The van der Waals surface area contributed by atoms with E-state index in [0.29, 0.717) is 12.6 Å². The van der Waals surface area contributed by atoms with Crippen LogP contribution in [0.25, 0.3) is 0 Å². The van der Waals surface area contributed by atoms with Crippen LogP contribution < -0.4 is 10.6 Å². The lowest BCUT2D eigenvalue weighted by Gasteiger charge is -2.39. The quantitative estimate of drug-likeness (QED) is 0.914. The number of pyridine rings is 1. The molecule has 0 saturated carbocycles. The van der Waals surface area contributed by atoms with Gasteiger partial charge in [-0.3, -0.25) is 9.88 Å². The summed E-state index contributed by atoms with van der Waals surface area (Å²) in [5.41, 5.74) is 10.6. The first kappa shape index (κ1) is 15.3. The van der Waals surface area contributed by atoms with Crippen molar-refractivity contribution in [1.29, 1.82) is 0 Å². The first-order chi connectivity index (χ1) is 9.56. The molecule has 0 aromatic carbocycles. The zero-order chi connectivity index (χ0) is 14.7. The van der Waals surface area contributed by atoms with Gasteiger partial charge in [0.05, 0.1) is 0 Å². The van der Waals surface area contributed by atoms with Crippen molar-refractivity contribution in [2.75, 3.05) is 31.1 Å². The largest absolute Gasteiger partial charge is 0.369 e. The van der Waals surface area contributed by atoms with E-state index in [1.165, 1.54) is 17.7 Å². The third-order valence-corrected chi connectivity index (χ3v) is 4.51. The number of piperazine rings is 1. The number of anilines is 1. The SMILES string of the molecule is CCC(C)N1CCN(c2cc(C)nc(C)c2CN)CC1. The van der Waals surface area contributed by atoms with Gasteiger partial charge in [0.25, 0.3) is 0 Å². The molecule has 0 bridgehead atoms. The van der Waals surface area contributed by atoms with Gasteiger partial charge in [-0.15, -0.1) is 0 Å². The van der Waals surface area contributed by atoms with Crippen molar-refractivity contribution in [3.05, 3.63) is 23.0 Å². The fourth-order valence-electron chi connectivity index (χ4n) is 3.03. The molecule has 0 radical (unpaired) electrons. The molecule has 0 amide bonds. The minimum atomic E-state index is 0.569. The maximum atomic E-state index is 5.93. The van der Waals surface area contributed by atoms with Crippen molar-refractivity contribution in [3.63, 3.8) is 0 Å². The van der Waals surface area contributed by atoms with Gasteiger partial charge in [-0.1, -0.05) is 6.92 Å². The van der Waals surface area contributed by atoms with Crippen LogP contribution in [0, 0.1) is 13.8 Å². The molecular weight excluding hydrogens is 248 g/mol. The highest BCUT2D eigenvalue weighted by Gasteiger charge is 2.22. The van der Waals surface area contributed by atoms with Gasteiger partial charge in [-0.25, -0.2) is 0 Å². The van der Waals surface area contributed by atoms with Gasteiger partial charge < -0.3 is 10.6 Å². The molecule has 1 atom stereocenters. The molecule has 2 N–H and O–H groups in total. The van der Waals surface area contributed by atoms with Gasteiger partial charge in [0.2, 0.25) is 0 Å². The number of hydrogen-bond acceptors (Lipinski definition) is 4. The predicted molar refractivity (Wildman–Crippen MR) is 85.1 cm³/mol. The van der Waals surface area contributed by atoms with E-state index < -0.39 is 0 Å². The third kappa shape index (κ3) is 3.13. The van der Waals surface area contributed by atoms with E-state index in [-0.39, 0.29) is 0 Å². The molecule has 2 heterocycles. The first-order valence-electron chi connectivity index (χ1n) is 7.73. The van der Waals surface area contributed by atoms with Crippen molar-refractivity contribution in [1.82, 2.24) is 9.88 Å². The minimum Gasteiger partial charge on any atom is -0.369 e. The molecule has 20 heavy (non-hydrogen) atoms. The standard InChI is InChI=1S/C16H28N4/c1-5-13(3)19-6-8-20(9-7-19)16-10-12(2)18-14(4)15(16)11-17/h10,13H,5-9,11,17H2,1-4H3. The molecule has 4 nitrogen and oxygen atoms in total. The molecule has 1 aliphatic rings. The second-order valence-electron chi connectivity index (χ2n) is 5.83. The Bertz CT molecular complexity index is 450. The van der Waals surface area contributed by atoms with E-state index >= 15 is 0 Å². The number of aromatic nitrogens is 1. The Hall–Kier alpha value is -1.13. The van der Waals surface area contributed by atoms with E-state index in [9.17, 15) is 0 Å². The summed E-state index contributed by atoms with van der Waals surface area (Å²) >= 11 is 0. The van der Waals surface area contributed by atoms with Crippen molar-refractivity contribution < 1.29 is 0 Å². The van der Waals surface area contributed by atoms with Gasteiger partial charge in [-0.05, 0) is 33.3 Å². The van der Waals surface area contributed by atoms with Gasteiger partial charge >= 0.3 is 0 Å². The highest BCUT2D eigenvalue weighted by atomic mass is 15.3. The van der Waals surface area contributed by atoms with Crippen LogP contribution in [0.4, 0.5) is 5.69 Å². The summed E-state index contributed by atoms with van der Waals surface area (Å²) in [5.74, 6) is 0. The molecule has 1 saturated heterocycles. The lowest BCUT2D eigenvalue weighted by Crippen LogP contribution is -2.49. The molecule has 1 fully saturated rings. The Balaban J connectivity index is 2.14. The molecule has 4 heteroatoms. The number of nitrogens with zero attached hydrogens (tertiary/aromatic N) is 3. The molecule has 1 aromatic heterocycles. The topological polar surface area (TPSA) is 45.4 Å². The zero-order valence-corrected chi connectivity index (χ0v) is 13.3. The van der Waals surface area contributed by atoms with Crippen molar-refractivity contribution >= 4 is 5.69 Å². The summed E-state index contributed by atoms with van der Waals surface area (Å²) in [6.45, 7) is 13.7. The average Bonchev–Trinajstić information content (AvgIpc) is 2.46. The molecule has 1 unspecified atom stereocenters.